The van der Waals surface area contributed by atoms with Crippen LogP contribution in [0.1, 0.15) is 41.1 Å². The molecule has 29 heavy (non-hydrogen) atoms. The van der Waals surface area contributed by atoms with Crippen LogP contribution in [-0.4, -0.2) is 40.4 Å². The maximum Gasteiger partial charge on any atom is 0.257 e. The first kappa shape index (κ1) is 20.1. The molecule has 150 valence electrons. The van der Waals surface area contributed by atoms with Crippen LogP contribution in [0.5, 0.6) is 5.75 Å². The van der Waals surface area contributed by atoms with Gasteiger partial charge in [-0.3, -0.25) is 19.3 Å². The highest BCUT2D eigenvalue weighted by Gasteiger charge is 2.22. The summed E-state index contributed by atoms with van der Waals surface area (Å²) in [7, 11) is 0. The molecule has 8 nitrogen and oxygen atoms in total. The smallest absolute Gasteiger partial charge is 0.257 e. The highest BCUT2D eigenvalue weighted by atomic mass is 16.5. The van der Waals surface area contributed by atoms with Gasteiger partial charge in [-0.05, 0) is 39.1 Å². The van der Waals surface area contributed by atoms with Crippen LogP contribution in [0, 0.1) is 32.1 Å². The van der Waals surface area contributed by atoms with Crippen LogP contribution in [0.15, 0.2) is 23.2 Å². The molecule has 3 rings (SSSR count). The number of amides is 1. The Balaban J connectivity index is 1.65. The zero-order valence-electron chi connectivity index (χ0n) is 17.0. The number of carbonyl (C=O) groups is 1. The monoisotopic (exact) mass is 392 g/mol. The molecular weight excluding hydrogens is 368 g/mol. The van der Waals surface area contributed by atoms with Gasteiger partial charge in [0.15, 0.2) is 12.3 Å². The largest absolute Gasteiger partial charge is 0.484 e. The first-order valence-electron chi connectivity index (χ1n) is 9.30. The van der Waals surface area contributed by atoms with E-state index in [2.05, 4.69) is 33.3 Å². The third kappa shape index (κ3) is 3.85. The minimum Gasteiger partial charge on any atom is -0.484 e. The van der Waals surface area contributed by atoms with Crippen molar-refractivity contribution in [3.8, 4) is 11.8 Å². The zero-order chi connectivity index (χ0) is 21.1. The van der Waals surface area contributed by atoms with Gasteiger partial charge < -0.3 is 10.1 Å². The van der Waals surface area contributed by atoms with Crippen LogP contribution < -0.4 is 10.1 Å². The second kappa shape index (κ2) is 8.19. The minimum atomic E-state index is -0.209. The number of nitrogens with one attached hydrogen (secondary N) is 2. The highest BCUT2D eigenvalue weighted by molar-refractivity contribution is 5.77. The standard InChI is InChI=1S/C21H24N6O2/c1-12-6-7-17(13(2)8-12)29-11-18(28)24-10-14(3)20-25-26-21-16(9-22)19(23-5)15(4)27(20)21/h6-8,14,26H,5,10-11H2,1-4H3,(H,24,28). The number of aromatic amines is 1. The number of H-pyrrole nitrogens is 1. The number of ether oxygens (including phenoxy) is 1. The lowest BCUT2D eigenvalue weighted by Crippen LogP contribution is -2.32. The van der Waals surface area contributed by atoms with Gasteiger partial charge >= 0.3 is 0 Å². The van der Waals surface area contributed by atoms with E-state index in [0.29, 0.717) is 35.0 Å². The van der Waals surface area contributed by atoms with Gasteiger partial charge in [0, 0.05) is 18.2 Å². The van der Waals surface area contributed by atoms with Crippen molar-refractivity contribution in [3.05, 3.63) is 46.4 Å². The summed E-state index contributed by atoms with van der Waals surface area (Å²) in [6.45, 7) is 11.6. The Labute approximate surface area is 169 Å². The minimum absolute atomic E-state index is 0.0573. The first-order chi connectivity index (χ1) is 13.9. The van der Waals surface area contributed by atoms with Crippen LogP contribution in [-0.2, 0) is 4.79 Å². The lowest BCUT2D eigenvalue weighted by atomic mass is 10.1. The predicted octanol–water partition coefficient (Wildman–Crippen LogP) is 3.09. The molecule has 1 aromatic carbocycles. The van der Waals surface area contributed by atoms with Crippen LogP contribution in [0.3, 0.4) is 0 Å². The molecule has 0 fully saturated rings. The number of benzene rings is 1. The van der Waals surface area contributed by atoms with Gasteiger partial charge in [-0.2, -0.15) is 10.4 Å². The average Bonchev–Trinajstić information content (AvgIpc) is 3.24. The number of aliphatic imine (C=N–C) groups is 1. The normalized spacial score (nSPS) is 11.8. The molecule has 0 radical (unpaired) electrons. The fourth-order valence-electron chi connectivity index (χ4n) is 3.37. The summed E-state index contributed by atoms with van der Waals surface area (Å²) < 4.78 is 7.47. The van der Waals surface area contributed by atoms with Crippen molar-refractivity contribution in [1.82, 2.24) is 19.9 Å². The van der Waals surface area contributed by atoms with Crippen molar-refractivity contribution in [1.29, 1.82) is 5.26 Å². The van der Waals surface area contributed by atoms with Crippen LogP contribution in [0.25, 0.3) is 5.65 Å². The van der Waals surface area contributed by atoms with Gasteiger partial charge in [0.1, 0.15) is 28.9 Å². The number of rotatable bonds is 7. The number of aromatic nitrogens is 3. The van der Waals surface area contributed by atoms with E-state index in [9.17, 15) is 10.1 Å². The zero-order valence-corrected chi connectivity index (χ0v) is 17.0. The second-order valence-corrected chi connectivity index (χ2v) is 7.11. The third-order valence-corrected chi connectivity index (χ3v) is 4.89. The molecule has 2 aromatic heterocycles. The molecule has 0 aliphatic heterocycles. The van der Waals surface area contributed by atoms with Gasteiger partial charge in [-0.25, -0.2) is 0 Å². The van der Waals surface area contributed by atoms with Crippen molar-refractivity contribution in [2.45, 2.75) is 33.6 Å². The Morgan fingerprint density at radius 2 is 2.21 bits per heavy atom. The molecule has 1 amide bonds. The van der Waals surface area contributed by atoms with E-state index in [1.54, 1.807) is 0 Å². The molecule has 0 aliphatic rings. The molecule has 0 spiro atoms. The maximum atomic E-state index is 12.2. The van der Waals surface area contributed by atoms with Gasteiger partial charge in [0.25, 0.3) is 5.91 Å². The lowest BCUT2D eigenvalue weighted by Gasteiger charge is -2.13. The van der Waals surface area contributed by atoms with Crippen molar-refractivity contribution in [2.24, 2.45) is 4.99 Å². The van der Waals surface area contributed by atoms with Crippen molar-refractivity contribution < 1.29 is 9.53 Å². The highest BCUT2D eigenvalue weighted by Crippen LogP contribution is 2.31. The summed E-state index contributed by atoms with van der Waals surface area (Å²) in [6, 6.07) is 7.97. The number of nitrogens with zero attached hydrogens (tertiary/aromatic N) is 4. The number of hydrogen-bond acceptors (Lipinski definition) is 5. The van der Waals surface area contributed by atoms with Gasteiger partial charge in [0.2, 0.25) is 0 Å². The number of fused-ring (bicyclic) bond motifs is 1. The molecule has 0 bridgehead atoms. The average molecular weight is 392 g/mol. The Morgan fingerprint density at radius 1 is 1.45 bits per heavy atom. The summed E-state index contributed by atoms with van der Waals surface area (Å²) in [5, 5.41) is 19.5. The topological polar surface area (TPSA) is 108 Å². The summed E-state index contributed by atoms with van der Waals surface area (Å²) in [5.41, 5.74) is 4.46. The quantitative estimate of drug-likeness (QED) is 0.602. The Bertz CT molecular complexity index is 1120. The van der Waals surface area contributed by atoms with E-state index in [4.69, 9.17) is 4.74 Å². The predicted molar refractivity (Wildman–Crippen MR) is 111 cm³/mol. The summed E-state index contributed by atoms with van der Waals surface area (Å²) in [4.78, 5) is 16.2. The summed E-state index contributed by atoms with van der Waals surface area (Å²) in [6.07, 6.45) is 0. The van der Waals surface area contributed by atoms with E-state index < -0.39 is 0 Å². The molecular formula is C21H24N6O2. The van der Waals surface area contributed by atoms with Crippen molar-refractivity contribution in [3.63, 3.8) is 0 Å². The number of aryl methyl sites for hydroxylation is 3. The number of hydrogen-bond donors (Lipinski definition) is 2. The first-order valence-corrected chi connectivity index (χ1v) is 9.30. The van der Waals surface area contributed by atoms with Crippen molar-refractivity contribution in [2.75, 3.05) is 13.2 Å². The molecule has 2 N–H and O–H groups in total. The Hall–Kier alpha value is -3.60. The maximum absolute atomic E-state index is 12.2. The van der Waals surface area contributed by atoms with Crippen molar-refractivity contribution >= 4 is 24.0 Å². The van der Waals surface area contributed by atoms with Gasteiger partial charge in [0.05, 0.1) is 0 Å². The number of nitriles is 1. The van der Waals surface area contributed by atoms with E-state index in [1.165, 1.54) is 0 Å². The molecule has 0 saturated heterocycles. The van der Waals surface area contributed by atoms with Crippen LogP contribution in [0.2, 0.25) is 0 Å². The second-order valence-electron chi connectivity index (χ2n) is 7.11. The van der Waals surface area contributed by atoms with E-state index >= 15 is 0 Å². The lowest BCUT2D eigenvalue weighted by molar-refractivity contribution is -0.123. The van der Waals surface area contributed by atoms with E-state index in [1.807, 2.05) is 50.3 Å². The molecule has 1 unspecified atom stereocenters. The summed E-state index contributed by atoms with van der Waals surface area (Å²) in [5.74, 6) is 1.10. The van der Waals surface area contributed by atoms with Gasteiger partial charge in [-0.1, -0.05) is 24.6 Å². The fraction of sp³-hybridized carbons (Fsp3) is 0.333. The van der Waals surface area contributed by atoms with Crippen LogP contribution in [0.4, 0.5) is 5.69 Å². The molecule has 0 aliphatic carbocycles. The molecule has 1 atom stereocenters. The Kier molecular flexibility index (Phi) is 5.69. The fourth-order valence-corrected chi connectivity index (χ4v) is 3.37. The molecule has 3 aromatic rings. The molecule has 8 heteroatoms. The summed E-state index contributed by atoms with van der Waals surface area (Å²) >= 11 is 0. The van der Waals surface area contributed by atoms with E-state index in [0.717, 1.165) is 16.8 Å². The third-order valence-electron chi connectivity index (χ3n) is 4.89. The van der Waals surface area contributed by atoms with Crippen LogP contribution >= 0.6 is 0 Å². The SMILES string of the molecule is C=Nc1c(C#N)c2[nH]nc(C(C)CNC(=O)COc3ccc(C)cc3C)n2c1C. The molecule has 2 heterocycles. The Morgan fingerprint density at radius 3 is 2.86 bits per heavy atom. The number of carbonyl (C=O) groups excluding carboxylic acids is 1. The van der Waals surface area contributed by atoms with E-state index in [-0.39, 0.29) is 18.4 Å². The van der Waals surface area contributed by atoms with Gasteiger partial charge in [-0.15, -0.1) is 0 Å². The molecule has 0 saturated carbocycles.